The lowest BCUT2D eigenvalue weighted by atomic mass is 10.2. The fraction of sp³-hybridized carbons (Fsp3) is 0.455. The fourth-order valence-corrected chi connectivity index (χ4v) is 3.02. The molecule has 6 N–H and O–H groups in total. The minimum absolute atomic E-state index is 0.0686. The molecule has 2 aromatic rings. The third-order valence-electron chi connectivity index (χ3n) is 3.37. The van der Waals surface area contributed by atoms with Crippen LogP contribution >= 0.6 is 15.9 Å². The summed E-state index contributed by atoms with van der Waals surface area (Å²) in [7, 11) is 0. The van der Waals surface area contributed by atoms with E-state index in [9.17, 15) is 5.11 Å². The van der Waals surface area contributed by atoms with Crippen LogP contribution in [0.5, 0.6) is 0 Å². The van der Waals surface area contributed by atoms with Gasteiger partial charge < -0.3 is 31.0 Å². The first-order valence-corrected chi connectivity index (χ1v) is 6.84. The largest absolute Gasteiger partial charge is 0.394 e. The van der Waals surface area contributed by atoms with E-state index in [4.69, 9.17) is 21.3 Å². The van der Waals surface area contributed by atoms with Gasteiger partial charge in [-0.25, -0.2) is 0 Å². The van der Waals surface area contributed by atoms with Crippen LogP contribution in [-0.2, 0) is 4.74 Å². The zero-order valence-electron chi connectivity index (χ0n) is 10.4. The molecule has 1 aliphatic heterocycles. The summed E-state index contributed by atoms with van der Waals surface area (Å²) in [6, 6.07) is 0. The van der Waals surface area contributed by atoms with Crippen LogP contribution in [0.3, 0.4) is 0 Å². The van der Waals surface area contributed by atoms with Gasteiger partial charge in [0, 0.05) is 17.1 Å². The van der Waals surface area contributed by atoms with Gasteiger partial charge in [-0.3, -0.25) is 0 Å². The van der Waals surface area contributed by atoms with Gasteiger partial charge in [0.05, 0.1) is 18.1 Å². The maximum absolute atomic E-state index is 9.82. The molecule has 3 heterocycles. The van der Waals surface area contributed by atoms with Gasteiger partial charge in [-0.05, 0) is 15.9 Å². The Morgan fingerprint density at radius 2 is 2.20 bits per heavy atom. The Hall–Kier alpha value is -1.42. The number of hydrogen-bond donors (Lipinski definition) is 4. The Morgan fingerprint density at radius 3 is 2.85 bits per heavy atom. The van der Waals surface area contributed by atoms with Crippen LogP contribution in [0.15, 0.2) is 10.7 Å². The topological polar surface area (TPSA) is 132 Å². The summed E-state index contributed by atoms with van der Waals surface area (Å²) in [4.78, 5) is 8.09. The average Bonchev–Trinajstić information content (AvgIpc) is 2.90. The molecule has 1 fully saturated rings. The Morgan fingerprint density at radius 1 is 1.45 bits per heavy atom. The Balaban J connectivity index is 2.09. The minimum Gasteiger partial charge on any atom is -0.394 e. The maximum Gasteiger partial charge on any atom is 0.223 e. The van der Waals surface area contributed by atoms with E-state index in [1.807, 2.05) is 0 Å². The van der Waals surface area contributed by atoms with E-state index in [1.54, 1.807) is 10.8 Å². The summed E-state index contributed by atoms with van der Waals surface area (Å²) in [5.74, 6) is 0.342. The molecule has 108 valence electrons. The molecule has 2 aromatic heterocycles. The summed E-state index contributed by atoms with van der Waals surface area (Å²) < 4.78 is 8.06. The molecular formula is C11H14BrN5O3. The molecule has 0 saturated carbocycles. The highest BCUT2D eigenvalue weighted by molar-refractivity contribution is 9.10. The molecule has 0 bridgehead atoms. The zero-order chi connectivity index (χ0) is 14.4. The lowest BCUT2D eigenvalue weighted by Crippen LogP contribution is -2.24. The molecule has 9 heteroatoms. The van der Waals surface area contributed by atoms with Gasteiger partial charge in [0.1, 0.15) is 18.1 Å². The first-order chi connectivity index (χ1) is 9.51. The number of aliphatic hydroxyl groups is 2. The van der Waals surface area contributed by atoms with Gasteiger partial charge in [-0.2, -0.15) is 9.97 Å². The third kappa shape index (κ3) is 2.03. The number of aromatic nitrogens is 3. The normalized spacial score (nSPS) is 26.4. The first kappa shape index (κ1) is 13.6. The number of hydrogen-bond acceptors (Lipinski definition) is 7. The summed E-state index contributed by atoms with van der Waals surface area (Å²) in [6.07, 6.45) is 0.340. The standard InChI is InChI=1S/C11H14BrN5O3/c12-4-2-17(7-1-5(19)6(3-18)20-7)10-8(4)9(13)15-11(14)16-10/h2,5-7,18-19H,1,3H2,(H4,13,14,15,16)/t5-,6+,7+/m0/s1. The predicted octanol–water partition coefficient (Wildman–Crippen LogP) is -0.00110. The number of anilines is 2. The Kier molecular flexibility index (Phi) is 3.28. The smallest absolute Gasteiger partial charge is 0.223 e. The monoisotopic (exact) mass is 343 g/mol. The number of fused-ring (bicyclic) bond motifs is 1. The van der Waals surface area contributed by atoms with E-state index in [1.165, 1.54) is 0 Å². The number of aliphatic hydroxyl groups excluding tert-OH is 2. The van der Waals surface area contributed by atoms with E-state index in [0.717, 1.165) is 4.47 Å². The van der Waals surface area contributed by atoms with Crippen molar-refractivity contribution in [2.75, 3.05) is 18.1 Å². The molecule has 3 rings (SSSR count). The lowest BCUT2D eigenvalue weighted by Gasteiger charge is -2.14. The van der Waals surface area contributed by atoms with Crippen LogP contribution < -0.4 is 11.5 Å². The van der Waals surface area contributed by atoms with Crippen molar-refractivity contribution in [3.63, 3.8) is 0 Å². The van der Waals surface area contributed by atoms with E-state index < -0.39 is 18.4 Å². The Labute approximate surface area is 122 Å². The van der Waals surface area contributed by atoms with Crippen molar-refractivity contribution in [3.05, 3.63) is 10.7 Å². The highest BCUT2D eigenvalue weighted by Crippen LogP contribution is 2.36. The molecule has 0 aliphatic carbocycles. The van der Waals surface area contributed by atoms with Gasteiger partial charge in [0.2, 0.25) is 5.95 Å². The van der Waals surface area contributed by atoms with Crippen molar-refractivity contribution in [2.45, 2.75) is 24.9 Å². The van der Waals surface area contributed by atoms with Gasteiger partial charge in [0.25, 0.3) is 0 Å². The van der Waals surface area contributed by atoms with Crippen LogP contribution in [0.2, 0.25) is 0 Å². The number of nitrogens with zero attached hydrogens (tertiary/aromatic N) is 3. The van der Waals surface area contributed by atoms with Gasteiger partial charge in [-0.1, -0.05) is 0 Å². The molecule has 0 unspecified atom stereocenters. The van der Waals surface area contributed by atoms with Gasteiger partial charge >= 0.3 is 0 Å². The van der Waals surface area contributed by atoms with E-state index >= 15 is 0 Å². The minimum atomic E-state index is -0.724. The lowest BCUT2D eigenvalue weighted by molar-refractivity contribution is -0.0430. The van der Waals surface area contributed by atoms with Crippen LogP contribution in [-0.4, -0.2) is 43.6 Å². The molecule has 0 aromatic carbocycles. The molecule has 1 aliphatic rings. The number of rotatable bonds is 2. The van der Waals surface area contributed by atoms with Crippen LogP contribution in [0.4, 0.5) is 11.8 Å². The molecule has 1 saturated heterocycles. The number of nitrogen functional groups attached to an aromatic ring is 2. The van der Waals surface area contributed by atoms with Crippen molar-refractivity contribution >= 4 is 38.7 Å². The maximum atomic E-state index is 9.82. The molecule has 20 heavy (non-hydrogen) atoms. The van der Waals surface area contributed by atoms with E-state index in [0.29, 0.717) is 17.5 Å². The van der Waals surface area contributed by atoms with Crippen molar-refractivity contribution in [1.29, 1.82) is 0 Å². The second-order valence-electron chi connectivity index (χ2n) is 4.66. The second-order valence-corrected chi connectivity index (χ2v) is 5.52. The van der Waals surface area contributed by atoms with Crippen molar-refractivity contribution in [1.82, 2.24) is 14.5 Å². The van der Waals surface area contributed by atoms with Crippen LogP contribution in [0.25, 0.3) is 11.0 Å². The number of nitrogens with two attached hydrogens (primary N) is 2. The highest BCUT2D eigenvalue weighted by atomic mass is 79.9. The predicted molar refractivity (Wildman–Crippen MR) is 75.7 cm³/mol. The van der Waals surface area contributed by atoms with Crippen molar-refractivity contribution in [2.24, 2.45) is 0 Å². The number of halogens is 1. The van der Waals surface area contributed by atoms with E-state index in [-0.39, 0.29) is 18.4 Å². The van der Waals surface area contributed by atoms with Crippen molar-refractivity contribution < 1.29 is 14.9 Å². The van der Waals surface area contributed by atoms with Gasteiger partial charge in [-0.15, -0.1) is 0 Å². The highest BCUT2D eigenvalue weighted by Gasteiger charge is 2.35. The average molecular weight is 344 g/mol. The molecule has 3 atom stereocenters. The quantitative estimate of drug-likeness (QED) is 0.603. The molecular weight excluding hydrogens is 330 g/mol. The molecule has 0 spiro atoms. The fourth-order valence-electron chi connectivity index (χ4n) is 2.42. The van der Waals surface area contributed by atoms with E-state index in [2.05, 4.69) is 25.9 Å². The first-order valence-electron chi connectivity index (χ1n) is 6.04. The second kappa shape index (κ2) is 4.85. The molecule has 0 amide bonds. The summed E-state index contributed by atoms with van der Waals surface area (Å²) in [5.41, 5.74) is 12.0. The third-order valence-corrected chi connectivity index (χ3v) is 3.97. The van der Waals surface area contributed by atoms with Crippen LogP contribution in [0, 0.1) is 0 Å². The zero-order valence-corrected chi connectivity index (χ0v) is 12.0. The molecule has 0 radical (unpaired) electrons. The van der Waals surface area contributed by atoms with Crippen LogP contribution in [0.1, 0.15) is 12.6 Å². The summed E-state index contributed by atoms with van der Waals surface area (Å²) >= 11 is 3.40. The molecule has 8 nitrogen and oxygen atoms in total. The Bertz CT molecular complexity index is 661. The number of ether oxygens (including phenoxy) is 1. The SMILES string of the molecule is Nc1nc(N)c2c(Br)cn([C@H]3C[C@H](O)[C@@H](CO)O3)c2n1. The summed E-state index contributed by atoms with van der Waals surface area (Å²) in [5, 5.41) is 19.6. The van der Waals surface area contributed by atoms with Crippen molar-refractivity contribution in [3.8, 4) is 0 Å². The summed E-state index contributed by atoms with van der Waals surface area (Å²) in [6.45, 7) is -0.239. The van der Waals surface area contributed by atoms with Gasteiger partial charge in [0.15, 0.2) is 5.65 Å².